The highest BCUT2D eigenvalue weighted by Gasteiger charge is 2.16. The van der Waals surface area contributed by atoms with E-state index >= 15 is 0 Å². The molecule has 4 N–H and O–H groups in total. The van der Waals surface area contributed by atoms with E-state index in [2.05, 4.69) is 0 Å². The number of carboxylic acids is 4. The predicted molar refractivity (Wildman–Crippen MR) is 160 cm³/mol. The van der Waals surface area contributed by atoms with Crippen LogP contribution in [0.4, 0.5) is 17.1 Å². The van der Waals surface area contributed by atoms with Gasteiger partial charge in [0.2, 0.25) is 0 Å². The number of aromatic carboxylic acids is 4. The van der Waals surface area contributed by atoms with Gasteiger partial charge in [0.15, 0.2) is 0 Å². The minimum atomic E-state index is -1.23. The predicted octanol–water partition coefficient (Wildman–Crippen LogP) is 7.28. The fourth-order valence-electron chi connectivity index (χ4n) is 4.71. The molecule has 5 rings (SSSR count). The third kappa shape index (κ3) is 6.10. The van der Waals surface area contributed by atoms with Gasteiger partial charge in [-0.2, -0.15) is 0 Å². The number of rotatable bonds is 9. The standard InChI is InChI=1S/C34H23NO8/c36-31(37)24-14-22(15-25(18-24)32(38)39)20-6-10-29(11-7-20)35(28-4-2-1-3-5-28)30-12-8-21(9-13-30)23-16-26(33(40)41)19-27(17-23)34(42)43/h1-19H,(H,36,37)(H,38,39)(H,40,41)(H,42,43). The molecule has 0 aliphatic carbocycles. The van der Waals surface area contributed by atoms with Crippen LogP contribution in [0.1, 0.15) is 41.4 Å². The first-order chi connectivity index (χ1) is 20.6. The van der Waals surface area contributed by atoms with Crippen molar-refractivity contribution in [2.45, 2.75) is 0 Å². The van der Waals surface area contributed by atoms with Crippen molar-refractivity contribution >= 4 is 40.9 Å². The third-order valence-corrected chi connectivity index (χ3v) is 6.79. The molecule has 212 valence electrons. The molecule has 0 atom stereocenters. The molecule has 0 unspecified atom stereocenters. The molecule has 0 amide bonds. The Hall–Kier alpha value is -6.22. The summed E-state index contributed by atoms with van der Waals surface area (Å²) in [6.45, 7) is 0. The lowest BCUT2D eigenvalue weighted by Crippen LogP contribution is -2.09. The summed E-state index contributed by atoms with van der Waals surface area (Å²) in [4.78, 5) is 48.3. The van der Waals surface area contributed by atoms with Crippen LogP contribution in [-0.4, -0.2) is 44.3 Å². The molecule has 0 saturated carbocycles. The zero-order valence-corrected chi connectivity index (χ0v) is 22.3. The van der Waals surface area contributed by atoms with Crippen molar-refractivity contribution in [3.63, 3.8) is 0 Å². The van der Waals surface area contributed by atoms with Gasteiger partial charge in [0, 0.05) is 17.1 Å². The molecular weight excluding hydrogens is 550 g/mol. The van der Waals surface area contributed by atoms with E-state index in [9.17, 15) is 39.6 Å². The van der Waals surface area contributed by atoms with Crippen LogP contribution < -0.4 is 4.90 Å². The zero-order chi connectivity index (χ0) is 30.7. The van der Waals surface area contributed by atoms with E-state index in [1.54, 1.807) is 24.3 Å². The van der Waals surface area contributed by atoms with Gasteiger partial charge in [-0.25, -0.2) is 19.2 Å². The average Bonchev–Trinajstić information content (AvgIpc) is 3.02. The highest BCUT2D eigenvalue weighted by Crippen LogP contribution is 2.37. The molecule has 0 heterocycles. The van der Waals surface area contributed by atoms with Gasteiger partial charge in [-0.3, -0.25) is 0 Å². The fraction of sp³-hybridized carbons (Fsp3) is 0. The van der Waals surface area contributed by atoms with E-state index in [0.717, 1.165) is 29.2 Å². The summed E-state index contributed by atoms with van der Waals surface area (Å²) in [6.07, 6.45) is 0. The van der Waals surface area contributed by atoms with Gasteiger partial charge in [0.1, 0.15) is 0 Å². The van der Waals surface area contributed by atoms with E-state index in [0.29, 0.717) is 22.3 Å². The molecule has 0 aliphatic heterocycles. The van der Waals surface area contributed by atoms with Crippen LogP contribution in [0.25, 0.3) is 22.3 Å². The maximum atomic E-state index is 11.6. The topological polar surface area (TPSA) is 152 Å². The van der Waals surface area contributed by atoms with Crippen molar-refractivity contribution in [3.8, 4) is 22.3 Å². The molecule has 0 bridgehead atoms. The second-order valence-corrected chi connectivity index (χ2v) is 9.58. The Morgan fingerprint density at radius 3 is 0.977 bits per heavy atom. The number of carbonyl (C=O) groups is 4. The minimum Gasteiger partial charge on any atom is -0.478 e. The normalized spacial score (nSPS) is 10.6. The molecule has 9 heteroatoms. The van der Waals surface area contributed by atoms with E-state index in [1.165, 1.54) is 24.3 Å². The van der Waals surface area contributed by atoms with Crippen molar-refractivity contribution in [2.24, 2.45) is 0 Å². The Kier molecular flexibility index (Phi) is 7.71. The molecule has 5 aromatic rings. The molecular formula is C34H23NO8. The first kappa shape index (κ1) is 28.3. The summed E-state index contributed by atoms with van der Waals surface area (Å²) in [7, 11) is 0. The van der Waals surface area contributed by atoms with Gasteiger partial charge in [0.05, 0.1) is 22.3 Å². The molecule has 0 radical (unpaired) electrons. The smallest absolute Gasteiger partial charge is 0.335 e. The van der Waals surface area contributed by atoms with Gasteiger partial charge in [-0.15, -0.1) is 0 Å². The van der Waals surface area contributed by atoms with Crippen LogP contribution in [0, 0.1) is 0 Å². The Bertz CT molecular complexity index is 1680. The summed E-state index contributed by atoms with van der Waals surface area (Å²) < 4.78 is 0. The monoisotopic (exact) mass is 573 g/mol. The van der Waals surface area contributed by atoms with Crippen molar-refractivity contribution in [2.75, 3.05) is 4.90 Å². The maximum absolute atomic E-state index is 11.6. The van der Waals surface area contributed by atoms with Gasteiger partial charge in [-0.05, 0) is 95.1 Å². The molecule has 0 aliphatic rings. The van der Waals surface area contributed by atoms with Crippen LogP contribution >= 0.6 is 0 Å². The molecule has 0 fully saturated rings. The molecule has 43 heavy (non-hydrogen) atoms. The van der Waals surface area contributed by atoms with Crippen molar-refractivity contribution in [1.82, 2.24) is 0 Å². The number of nitrogens with zero attached hydrogens (tertiary/aromatic N) is 1. The molecule has 0 aromatic heterocycles. The van der Waals surface area contributed by atoms with Crippen LogP contribution in [0.2, 0.25) is 0 Å². The van der Waals surface area contributed by atoms with E-state index in [4.69, 9.17) is 0 Å². The van der Waals surface area contributed by atoms with E-state index in [1.807, 2.05) is 59.5 Å². The second kappa shape index (κ2) is 11.7. The number of benzene rings is 5. The lowest BCUT2D eigenvalue weighted by atomic mass is 9.98. The second-order valence-electron chi connectivity index (χ2n) is 9.58. The third-order valence-electron chi connectivity index (χ3n) is 6.79. The summed E-state index contributed by atoms with van der Waals surface area (Å²) in [5.74, 6) is -4.91. The number of anilines is 3. The largest absolute Gasteiger partial charge is 0.478 e. The number of hydrogen-bond acceptors (Lipinski definition) is 5. The number of carboxylic acid groups (broad SMARTS) is 4. The highest BCUT2D eigenvalue weighted by molar-refractivity contribution is 5.97. The lowest BCUT2D eigenvalue weighted by Gasteiger charge is -2.26. The molecule has 9 nitrogen and oxygen atoms in total. The Morgan fingerprint density at radius 2 is 0.674 bits per heavy atom. The van der Waals surface area contributed by atoms with Crippen molar-refractivity contribution < 1.29 is 39.6 Å². The minimum absolute atomic E-state index is 0.130. The summed E-state index contributed by atoms with van der Waals surface area (Å²) >= 11 is 0. The number of para-hydroxylation sites is 1. The summed E-state index contributed by atoms with van der Waals surface area (Å²) in [5, 5.41) is 37.8. The van der Waals surface area contributed by atoms with Gasteiger partial charge in [0.25, 0.3) is 0 Å². The van der Waals surface area contributed by atoms with Gasteiger partial charge in [-0.1, -0.05) is 42.5 Å². The van der Waals surface area contributed by atoms with Crippen molar-refractivity contribution in [1.29, 1.82) is 0 Å². The lowest BCUT2D eigenvalue weighted by molar-refractivity contribution is 0.0676. The Balaban J connectivity index is 1.54. The van der Waals surface area contributed by atoms with Crippen LogP contribution in [-0.2, 0) is 0 Å². The first-order valence-corrected chi connectivity index (χ1v) is 12.9. The Labute approximate surface area is 245 Å². The van der Waals surface area contributed by atoms with Crippen LogP contribution in [0.5, 0.6) is 0 Å². The zero-order valence-electron chi connectivity index (χ0n) is 22.3. The SMILES string of the molecule is O=C(O)c1cc(C(=O)O)cc(-c2ccc(N(c3ccccc3)c3ccc(-c4cc(C(=O)O)cc(C(=O)O)c4)cc3)cc2)c1. The average molecular weight is 574 g/mol. The van der Waals surface area contributed by atoms with E-state index < -0.39 is 23.9 Å². The van der Waals surface area contributed by atoms with E-state index in [-0.39, 0.29) is 22.3 Å². The fourth-order valence-corrected chi connectivity index (χ4v) is 4.71. The summed E-state index contributed by atoms with van der Waals surface area (Å²) in [6, 6.07) is 31.9. The molecule has 0 saturated heterocycles. The van der Waals surface area contributed by atoms with Crippen LogP contribution in [0.15, 0.2) is 115 Å². The maximum Gasteiger partial charge on any atom is 0.335 e. The quantitative estimate of drug-likeness (QED) is 0.142. The summed E-state index contributed by atoms with van der Waals surface area (Å²) in [5.41, 5.74) is 3.99. The Morgan fingerprint density at radius 1 is 0.372 bits per heavy atom. The number of hydrogen-bond donors (Lipinski definition) is 4. The molecule has 0 spiro atoms. The van der Waals surface area contributed by atoms with Gasteiger partial charge >= 0.3 is 23.9 Å². The van der Waals surface area contributed by atoms with Crippen molar-refractivity contribution in [3.05, 3.63) is 138 Å². The first-order valence-electron chi connectivity index (χ1n) is 12.9. The van der Waals surface area contributed by atoms with Crippen LogP contribution in [0.3, 0.4) is 0 Å². The van der Waals surface area contributed by atoms with Gasteiger partial charge < -0.3 is 25.3 Å². The molecule has 5 aromatic carbocycles. The highest BCUT2D eigenvalue weighted by atomic mass is 16.4.